The molecule has 0 saturated carbocycles. The van der Waals surface area contributed by atoms with E-state index in [0.29, 0.717) is 11.9 Å². The first-order valence-electron chi connectivity index (χ1n) is 3.33. The minimum Gasteiger partial charge on any atom is -0.367 e. The Kier molecular flexibility index (Phi) is 1.89. The topological polar surface area (TPSA) is 56.7 Å². The van der Waals surface area contributed by atoms with Gasteiger partial charge in [-0.2, -0.15) is 0 Å². The van der Waals surface area contributed by atoms with Crippen LogP contribution >= 0.6 is 0 Å². The van der Waals surface area contributed by atoms with E-state index in [0.717, 1.165) is 6.54 Å². The van der Waals surface area contributed by atoms with Crippen LogP contribution in [0.1, 0.15) is 13.8 Å². The van der Waals surface area contributed by atoms with E-state index < -0.39 is 0 Å². The lowest BCUT2D eigenvalue weighted by Gasteiger charge is -2.01. The van der Waals surface area contributed by atoms with Crippen LogP contribution in [0.4, 0.5) is 5.95 Å². The van der Waals surface area contributed by atoms with Gasteiger partial charge in [0.05, 0.1) is 0 Å². The third-order valence-electron chi connectivity index (χ3n) is 1.11. The van der Waals surface area contributed by atoms with Crippen LogP contribution in [0.15, 0.2) is 6.33 Å². The lowest BCUT2D eigenvalue weighted by Crippen LogP contribution is -2.04. The average Bonchev–Trinajstić information content (AvgIpc) is 2.13. The van der Waals surface area contributed by atoms with Crippen molar-refractivity contribution in [2.45, 2.75) is 20.4 Å². The van der Waals surface area contributed by atoms with Crippen molar-refractivity contribution in [2.75, 3.05) is 5.73 Å². The highest BCUT2D eigenvalue weighted by atomic mass is 15.4. The fourth-order valence-electron chi connectivity index (χ4n) is 0.771. The normalized spacial score (nSPS) is 10.7. The molecule has 0 aromatic carbocycles. The van der Waals surface area contributed by atoms with Crippen LogP contribution < -0.4 is 5.73 Å². The maximum Gasteiger partial charge on any atom is 0.239 e. The average molecular weight is 140 g/mol. The molecule has 0 aliphatic heterocycles. The summed E-state index contributed by atoms with van der Waals surface area (Å²) in [5.41, 5.74) is 5.31. The molecule has 0 atom stereocenters. The van der Waals surface area contributed by atoms with Crippen LogP contribution in [0.2, 0.25) is 0 Å². The van der Waals surface area contributed by atoms with Crippen molar-refractivity contribution in [1.82, 2.24) is 14.8 Å². The molecule has 4 nitrogen and oxygen atoms in total. The van der Waals surface area contributed by atoms with Gasteiger partial charge in [-0.15, -0.1) is 5.10 Å². The van der Waals surface area contributed by atoms with Gasteiger partial charge in [0.15, 0.2) is 0 Å². The molecular formula is C6H12N4. The number of rotatable bonds is 2. The number of nitrogens with two attached hydrogens (primary N) is 1. The number of hydrogen-bond acceptors (Lipinski definition) is 3. The van der Waals surface area contributed by atoms with E-state index in [1.807, 2.05) is 0 Å². The summed E-state index contributed by atoms with van der Waals surface area (Å²) in [5, 5.41) is 3.93. The zero-order chi connectivity index (χ0) is 7.56. The number of anilines is 1. The van der Waals surface area contributed by atoms with Gasteiger partial charge in [0, 0.05) is 6.54 Å². The summed E-state index contributed by atoms with van der Waals surface area (Å²) in [4.78, 5) is 3.80. The van der Waals surface area contributed by atoms with Crippen molar-refractivity contribution >= 4 is 5.95 Å². The Bertz CT molecular complexity index is 203. The van der Waals surface area contributed by atoms with Gasteiger partial charge in [-0.3, -0.25) is 4.68 Å². The largest absolute Gasteiger partial charge is 0.367 e. The van der Waals surface area contributed by atoms with Crippen molar-refractivity contribution in [2.24, 2.45) is 5.92 Å². The predicted molar refractivity (Wildman–Crippen MR) is 39.3 cm³/mol. The van der Waals surface area contributed by atoms with Gasteiger partial charge in [-0.1, -0.05) is 13.8 Å². The molecule has 0 radical (unpaired) electrons. The van der Waals surface area contributed by atoms with Gasteiger partial charge in [0.2, 0.25) is 5.95 Å². The van der Waals surface area contributed by atoms with Crippen LogP contribution in [0.5, 0.6) is 0 Å². The van der Waals surface area contributed by atoms with E-state index in [1.54, 1.807) is 11.0 Å². The molecule has 10 heavy (non-hydrogen) atoms. The van der Waals surface area contributed by atoms with Crippen molar-refractivity contribution < 1.29 is 0 Å². The summed E-state index contributed by atoms with van der Waals surface area (Å²) in [6, 6.07) is 0. The molecule has 1 aromatic heterocycles. The maximum atomic E-state index is 5.31. The summed E-state index contributed by atoms with van der Waals surface area (Å²) in [6.45, 7) is 5.12. The summed E-state index contributed by atoms with van der Waals surface area (Å²) < 4.78 is 1.75. The molecule has 1 heterocycles. The monoisotopic (exact) mass is 140 g/mol. The molecule has 2 N–H and O–H groups in total. The Hall–Kier alpha value is -1.06. The number of hydrogen-bond donors (Lipinski definition) is 1. The molecule has 1 rings (SSSR count). The zero-order valence-corrected chi connectivity index (χ0v) is 6.28. The van der Waals surface area contributed by atoms with Gasteiger partial charge < -0.3 is 5.73 Å². The Balaban J connectivity index is 2.58. The Morgan fingerprint density at radius 2 is 2.40 bits per heavy atom. The first-order chi connectivity index (χ1) is 4.68. The van der Waals surface area contributed by atoms with Gasteiger partial charge in [0.1, 0.15) is 6.33 Å². The molecule has 0 aliphatic rings. The van der Waals surface area contributed by atoms with Crippen LogP contribution in [-0.2, 0) is 6.54 Å². The van der Waals surface area contributed by atoms with E-state index in [2.05, 4.69) is 23.9 Å². The van der Waals surface area contributed by atoms with Gasteiger partial charge >= 0.3 is 0 Å². The molecule has 56 valence electrons. The Morgan fingerprint density at radius 1 is 1.70 bits per heavy atom. The van der Waals surface area contributed by atoms with E-state index in [4.69, 9.17) is 5.73 Å². The van der Waals surface area contributed by atoms with Gasteiger partial charge in [-0.05, 0) is 5.92 Å². The molecule has 0 saturated heterocycles. The molecule has 0 fully saturated rings. The first-order valence-corrected chi connectivity index (χ1v) is 3.33. The minimum absolute atomic E-state index is 0.348. The van der Waals surface area contributed by atoms with E-state index >= 15 is 0 Å². The molecule has 4 heteroatoms. The zero-order valence-electron chi connectivity index (χ0n) is 6.28. The summed E-state index contributed by atoms with van der Waals surface area (Å²) in [6.07, 6.45) is 1.65. The summed E-state index contributed by atoms with van der Waals surface area (Å²) in [5.74, 6) is 0.932. The first kappa shape index (κ1) is 7.05. The lowest BCUT2D eigenvalue weighted by atomic mass is 10.2. The molecule has 0 aliphatic carbocycles. The van der Waals surface area contributed by atoms with E-state index in [9.17, 15) is 0 Å². The highest BCUT2D eigenvalue weighted by molar-refractivity contribution is 5.09. The molecule has 0 amide bonds. The van der Waals surface area contributed by atoms with Crippen LogP contribution in [0.25, 0.3) is 0 Å². The highest BCUT2D eigenvalue weighted by Crippen LogP contribution is 1.97. The van der Waals surface area contributed by atoms with Gasteiger partial charge in [0.25, 0.3) is 0 Å². The summed E-state index contributed by atoms with van der Waals surface area (Å²) >= 11 is 0. The standard InChI is InChI=1S/C6H12N4/c1-5(2)3-10-4-8-6(7)9-10/h4-5H,3H2,1-2H3,(H2,7,9). The molecule has 0 bridgehead atoms. The Morgan fingerprint density at radius 3 is 2.80 bits per heavy atom. The number of aromatic nitrogens is 3. The summed E-state index contributed by atoms with van der Waals surface area (Å²) in [7, 11) is 0. The smallest absolute Gasteiger partial charge is 0.239 e. The Labute approximate surface area is 60.1 Å². The maximum absolute atomic E-state index is 5.31. The lowest BCUT2D eigenvalue weighted by molar-refractivity contribution is 0.483. The van der Waals surface area contributed by atoms with Gasteiger partial charge in [-0.25, -0.2) is 4.98 Å². The van der Waals surface area contributed by atoms with Crippen molar-refractivity contribution in [3.05, 3.63) is 6.33 Å². The fourth-order valence-corrected chi connectivity index (χ4v) is 0.771. The SMILES string of the molecule is CC(C)Cn1cnc(N)n1. The second kappa shape index (κ2) is 2.68. The number of nitrogens with zero attached hydrogens (tertiary/aromatic N) is 3. The number of nitrogen functional groups attached to an aromatic ring is 1. The quantitative estimate of drug-likeness (QED) is 0.651. The highest BCUT2D eigenvalue weighted by Gasteiger charge is 1.97. The predicted octanol–water partition coefficient (Wildman–Crippen LogP) is 0.516. The molecule has 0 spiro atoms. The third-order valence-corrected chi connectivity index (χ3v) is 1.11. The van der Waals surface area contributed by atoms with E-state index in [-0.39, 0.29) is 0 Å². The van der Waals surface area contributed by atoms with Crippen molar-refractivity contribution in [1.29, 1.82) is 0 Å². The fraction of sp³-hybridized carbons (Fsp3) is 0.667. The van der Waals surface area contributed by atoms with Crippen LogP contribution in [0.3, 0.4) is 0 Å². The molecular weight excluding hydrogens is 128 g/mol. The van der Waals surface area contributed by atoms with Crippen LogP contribution in [0, 0.1) is 5.92 Å². The second-order valence-corrected chi connectivity index (χ2v) is 2.72. The molecule has 0 unspecified atom stereocenters. The van der Waals surface area contributed by atoms with E-state index in [1.165, 1.54) is 0 Å². The molecule has 1 aromatic rings. The van der Waals surface area contributed by atoms with Crippen LogP contribution in [-0.4, -0.2) is 14.8 Å². The van der Waals surface area contributed by atoms with Crippen molar-refractivity contribution in [3.8, 4) is 0 Å². The van der Waals surface area contributed by atoms with Crippen molar-refractivity contribution in [3.63, 3.8) is 0 Å². The minimum atomic E-state index is 0.348. The second-order valence-electron chi connectivity index (χ2n) is 2.72. The third kappa shape index (κ3) is 1.72.